The quantitative estimate of drug-likeness (QED) is 0.468. The van der Waals surface area contributed by atoms with E-state index in [0.29, 0.717) is 4.57 Å². The molecule has 0 aliphatic carbocycles. The number of hydrogen-bond acceptors (Lipinski definition) is 7. The summed E-state index contributed by atoms with van der Waals surface area (Å²) < 4.78 is 19.5. The van der Waals surface area contributed by atoms with Crippen LogP contribution in [0.3, 0.4) is 0 Å². The van der Waals surface area contributed by atoms with Gasteiger partial charge in [0.25, 0.3) is 0 Å². The molecule has 4 atom stereocenters. The minimum absolute atomic E-state index is 0.583. The number of anilines is 1. The van der Waals surface area contributed by atoms with Crippen molar-refractivity contribution in [3.05, 3.63) is 22.5 Å². The Balaban J connectivity index is 2.58. The van der Waals surface area contributed by atoms with Crippen molar-refractivity contribution < 1.29 is 19.3 Å². The maximum Gasteiger partial charge on any atom is 0.351 e. The number of halogens is 2. The maximum atomic E-state index is 13.5. The normalized spacial score (nSPS) is 31.8. The van der Waals surface area contributed by atoms with E-state index < -0.39 is 47.9 Å². The first-order valence-corrected chi connectivity index (χ1v) is 6.13. The van der Waals surface area contributed by atoms with Crippen LogP contribution in [0, 0.1) is 17.1 Å². The summed E-state index contributed by atoms with van der Waals surface area (Å²) in [6.07, 6.45) is -3.23. The number of nitrogen functional groups attached to an aromatic ring is 1. The molecule has 0 spiro atoms. The number of aliphatic hydroxyl groups excluding tert-OH is 2. The Morgan fingerprint density at radius 3 is 2.90 bits per heavy atom. The van der Waals surface area contributed by atoms with Gasteiger partial charge in [-0.2, -0.15) is 4.98 Å². The predicted molar refractivity (Wildman–Crippen MR) is 70.4 cm³/mol. The molecule has 0 aromatic carbocycles. The van der Waals surface area contributed by atoms with Gasteiger partial charge in [-0.1, -0.05) is 5.92 Å². The molecule has 0 bridgehead atoms. The van der Waals surface area contributed by atoms with E-state index in [-0.39, 0.29) is 0 Å². The molecule has 0 radical (unpaired) electrons. The Bertz CT molecular complexity index is 672. The van der Waals surface area contributed by atoms with E-state index in [1.807, 2.05) is 5.38 Å². The van der Waals surface area contributed by atoms with Gasteiger partial charge in [0.05, 0.1) is 12.8 Å². The lowest BCUT2D eigenvalue weighted by atomic mass is 9.92. The highest BCUT2D eigenvalue weighted by molar-refractivity contribution is 6.30. The highest BCUT2D eigenvalue weighted by Crippen LogP contribution is 2.35. The Morgan fingerprint density at radius 2 is 2.33 bits per heavy atom. The monoisotopic (exact) mass is 318 g/mol. The predicted octanol–water partition coefficient (Wildman–Crippen LogP) is -1.89. The Kier molecular flexibility index (Phi) is 4.18. The van der Waals surface area contributed by atoms with Crippen molar-refractivity contribution in [1.82, 2.24) is 9.55 Å². The molecule has 2 heterocycles. The third kappa shape index (κ3) is 2.48. The number of aliphatic hydroxyl groups is 2. The molecule has 8 nitrogen and oxygen atoms in total. The van der Waals surface area contributed by atoms with Crippen LogP contribution in [0.2, 0.25) is 0 Å². The van der Waals surface area contributed by atoms with Crippen molar-refractivity contribution in [1.29, 1.82) is 0 Å². The Labute approximate surface area is 123 Å². The third-order valence-electron chi connectivity index (χ3n) is 3.18. The van der Waals surface area contributed by atoms with E-state index in [9.17, 15) is 14.3 Å². The summed E-state index contributed by atoms with van der Waals surface area (Å²) in [5.41, 5.74) is 8.33. The van der Waals surface area contributed by atoms with Gasteiger partial charge in [-0.05, 0) is 11.6 Å². The van der Waals surface area contributed by atoms with Crippen LogP contribution in [0.5, 0.6) is 0 Å². The second-order valence-corrected chi connectivity index (χ2v) is 4.66. The number of aromatic nitrogens is 2. The molecule has 114 valence electrons. The molecule has 2 unspecified atom stereocenters. The SMILES string of the molecule is Nc1nc(=O)n([C@@H]2O[C@H](CO)C(O)C2(N)C#CCl)cc1F. The summed E-state index contributed by atoms with van der Waals surface area (Å²) >= 11 is 5.31. The average molecular weight is 319 g/mol. The summed E-state index contributed by atoms with van der Waals surface area (Å²) in [6.45, 7) is -0.583. The molecular formula is C11H12ClFN4O4. The lowest BCUT2D eigenvalue weighted by molar-refractivity contribution is -0.0479. The number of hydrogen-bond donors (Lipinski definition) is 4. The van der Waals surface area contributed by atoms with Crippen molar-refractivity contribution in [2.24, 2.45) is 5.73 Å². The van der Waals surface area contributed by atoms with Crippen molar-refractivity contribution in [3.63, 3.8) is 0 Å². The second kappa shape index (κ2) is 5.59. The molecule has 1 saturated heterocycles. The van der Waals surface area contributed by atoms with E-state index in [0.717, 1.165) is 6.20 Å². The van der Waals surface area contributed by atoms with Gasteiger partial charge < -0.3 is 26.4 Å². The standard InChI is InChI=1S/C11H12ClFN4O4/c12-2-1-11(15)7(19)6(4-18)21-9(11)17-3-5(13)8(14)16-10(17)20/h3,6-7,9,18-19H,4,15H2,(H2,14,16,20)/t6-,7?,9-,11?/m1/s1. The summed E-state index contributed by atoms with van der Waals surface area (Å²) in [5.74, 6) is 0.756. The van der Waals surface area contributed by atoms with Crippen molar-refractivity contribution in [2.75, 3.05) is 12.3 Å². The molecule has 0 amide bonds. The van der Waals surface area contributed by atoms with E-state index >= 15 is 0 Å². The minimum Gasteiger partial charge on any atom is -0.394 e. The summed E-state index contributed by atoms with van der Waals surface area (Å²) in [5, 5.41) is 21.2. The molecule has 21 heavy (non-hydrogen) atoms. The van der Waals surface area contributed by atoms with Gasteiger partial charge in [-0.25, -0.2) is 9.18 Å². The fourth-order valence-corrected chi connectivity index (χ4v) is 2.25. The summed E-state index contributed by atoms with van der Waals surface area (Å²) in [6, 6.07) is 0. The van der Waals surface area contributed by atoms with Crippen molar-refractivity contribution in [2.45, 2.75) is 24.0 Å². The molecular weight excluding hydrogens is 307 g/mol. The highest BCUT2D eigenvalue weighted by Gasteiger charge is 2.54. The zero-order chi connectivity index (χ0) is 15.8. The van der Waals surface area contributed by atoms with Crippen LogP contribution in [0.4, 0.5) is 10.2 Å². The molecule has 1 fully saturated rings. The molecule has 2 rings (SSSR count). The van der Waals surface area contributed by atoms with Crippen LogP contribution < -0.4 is 17.2 Å². The molecule has 1 aliphatic heterocycles. The van der Waals surface area contributed by atoms with Gasteiger partial charge in [0.1, 0.15) is 12.2 Å². The molecule has 1 aromatic heterocycles. The molecule has 1 aromatic rings. The molecule has 6 N–H and O–H groups in total. The van der Waals surface area contributed by atoms with Crippen LogP contribution >= 0.6 is 11.6 Å². The molecule has 0 saturated carbocycles. The minimum atomic E-state index is -1.83. The van der Waals surface area contributed by atoms with Gasteiger partial charge >= 0.3 is 5.69 Å². The van der Waals surface area contributed by atoms with Crippen LogP contribution in [0.15, 0.2) is 11.0 Å². The first-order chi connectivity index (χ1) is 9.85. The molecule has 10 heteroatoms. The van der Waals surface area contributed by atoms with Crippen LogP contribution in [0.1, 0.15) is 6.23 Å². The van der Waals surface area contributed by atoms with E-state index in [1.165, 1.54) is 0 Å². The highest BCUT2D eigenvalue weighted by atomic mass is 35.5. The lowest BCUT2D eigenvalue weighted by Crippen LogP contribution is -2.55. The van der Waals surface area contributed by atoms with Crippen molar-refractivity contribution in [3.8, 4) is 11.3 Å². The first-order valence-electron chi connectivity index (χ1n) is 5.75. The fraction of sp³-hybridized carbons (Fsp3) is 0.455. The maximum absolute atomic E-state index is 13.5. The Morgan fingerprint density at radius 1 is 1.67 bits per heavy atom. The molecule has 1 aliphatic rings. The van der Waals surface area contributed by atoms with Gasteiger partial charge in [-0.15, -0.1) is 0 Å². The zero-order valence-corrected chi connectivity index (χ0v) is 11.3. The van der Waals surface area contributed by atoms with Gasteiger partial charge in [0.2, 0.25) is 0 Å². The van der Waals surface area contributed by atoms with Gasteiger partial charge in [0, 0.05) is 5.38 Å². The summed E-state index contributed by atoms with van der Waals surface area (Å²) in [7, 11) is 0. The largest absolute Gasteiger partial charge is 0.394 e. The summed E-state index contributed by atoms with van der Waals surface area (Å²) in [4.78, 5) is 15.1. The number of rotatable bonds is 2. The average Bonchev–Trinajstić information content (AvgIpc) is 2.67. The number of nitrogens with zero attached hydrogens (tertiary/aromatic N) is 2. The topological polar surface area (TPSA) is 137 Å². The van der Waals surface area contributed by atoms with Crippen molar-refractivity contribution >= 4 is 17.4 Å². The van der Waals surface area contributed by atoms with Crippen LogP contribution in [-0.2, 0) is 4.74 Å². The number of nitrogens with two attached hydrogens (primary N) is 2. The third-order valence-corrected chi connectivity index (χ3v) is 3.28. The van der Waals surface area contributed by atoms with E-state index in [4.69, 9.17) is 32.9 Å². The van der Waals surface area contributed by atoms with Gasteiger partial charge in [0.15, 0.2) is 23.4 Å². The second-order valence-electron chi connectivity index (χ2n) is 4.47. The first kappa shape index (κ1) is 15.7. The van der Waals surface area contributed by atoms with E-state index in [2.05, 4.69) is 10.9 Å². The van der Waals surface area contributed by atoms with Crippen LogP contribution in [0.25, 0.3) is 0 Å². The van der Waals surface area contributed by atoms with Crippen LogP contribution in [-0.4, -0.2) is 44.1 Å². The van der Waals surface area contributed by atoms with Gasteiger partial charge in [-0.3, -0.25) is 4.57 Å². The smallest absolute Gasteiger partial charge is 0.351 e. The zero-order valence-electron chi connectivity index (χ0n) is 10.5. The lowest BCUT2D eigenvalue weighted by Gasteiger charge is -2.27. The number of ether oxygens (including phenoxy) is 1. The Hall–Kier alpha value is -1.70. The van der Waals surface area contributed by atoms with E-state index in [1.54, 1.807) is 0 Å². The fourth-order valence-electron chi connectivity index (χ4n) is 2.09.